The molecule has 0 N–H and O–H groups in total. The fraction of sp³-hybridized carbons (Fsp3) is 0.158. The maximum atomic E-state index is 11.9. The first-order chi connectivity index (χ1) is 12.1. The van der Waals surface area contributed by atoms with Crippen molar-refractivity contribution in [3.63, 3.8) is 0 Å². The van der Waals surface area contributed by atoms with Crippen LogP contribution in [-0.2, 0) is 9.53 Å². The highest BCUT2D eigenvalue weighted by Crippen LogP contribution is 2.34. The lowest BCUT2D eigenvalue weighted by molar-refractivity contribution is -0.145. The van der Waals surface area contributed by atoms with Gasteiger partial charge in [0.1, 0.15) is 11.3 Å². The molecule has 0 unspecified atom stereocenters. The molecule has 25 heavy (non-hydrogen) atoms. The van der Waals surface area contributed by atoms with Gasteiger partial charge in [0.05, 0.1) is 11.6 Å². The molecule has 6 heteroatoms. The zero-order valence-electron chi connectivity index (χ0n) is 13.5. The van der Waals surface area contributed by atoms with Crippen LogP contribution in [0.2, 0.25) is 5.02 Å². The van der Waals surface area contributed by atoms with E-state index in [1.807, 2.05) is 30.3 Å². The monoisotopic (exact) mass is 358 g/mol. The molecule has 0 spiro atoms. The van der Waals surface area contributed by atoms with Gasteiger partial charge in [-0.3, -0.25) is 0 Å². The standard InChI is InChI=1S/C19H15ClO5/c1-2-23-19(22)11-24-17-10-16-14(8-15(17)20)13(9-18(21)25-16)12-6-4-3-5-7-12/h3-10H,2,11H2,1H3. The van der Waals surface area contributed by atoms with Crippen LogP contribution in [0.5, 0.6) is 5.75 Å². The second-order valence-electron chi connectivity index (χ2n) is 5.22. The average molecular weight is 359 g/mol. The summed E-state index contributed by atoms with van der Waals surface area (Å²) in [4.78, 5) is 23.3. The number of carbonyl (C=O) groups excluding carboxylic acids is 1. The van der Waals surface area contributed by atoms with E-state index in [2.05, 4.69) is 0 Å². The van der Waals surface area contributed by atoms with E-state index in [0.29, 0.717) is 21.6 Å². The van der Waals surface area contributed by atoms with Crippen LogP contribution in [-0.4, -0.2) is 19.2 Å². The molecule has 1 heterocycles. The van der Waals surface area contributed by atoms with Gasteiger partial charge in [-0.05, 0) is 24.1 Å². The summed E-state index contributed by atoms with van der Waals surface area (Å²) in [6, 6.07) is 14.0. The van der Waals surface area contributed by atoms with Crippen molar-refractivity contribution in [1.29, 1.82) is 0 Å². The number of halogens is 1. The fourth-order valence-corrected chi connectivity index (χ4v) is 2.69. The molecule has 0 amide bonds. The van der Waals surface area contributed by atoms with Gasteiger partial charge in [0.25, 0.3) is 0 Å². The highest BCUT2D eigenvalue weighted by atomic mass is 35.5. The third kappa shape index (κ3) is 3.83. The highest BCUT2D eigenvalue weighted by Gasteiger charge is 2.13. The Bertz CT molecular complexity index is 963. The van der Waals surface area contributed by atoms with E-state index >= 15 is 0 Å². The second kappa shape index (κ2) is 7.40. The minimum Gasteiger partial charge on any atom is -0.480 e. The molecule has 0 saturated carbocycles. The predicted octanol–water partition coefficient (Wildman–Crippen LogP) is 4.06. The number of hydrogen-bond donors (Lipinski definition) is 0. The Hall–Kier alpha value is -2.79. The SMILES string of the molecule is CCOC(=O)COc1cc2oc(=O)cc(-c3ccccc3)c2cc1Cl. The minimum atomic E-state index is -0.502. The predicted molar refractivity (Wildman–Crippen MR) is 95.1 cm³/mol. The number of ether oxygens (including phenoxy) is 2. The van der Waals surface area contributed by atoms with E-state index < -0.39 is 11.6 Å². The molecule has 0 aliphatic carbocycles. The molecule has 0 fully saturated rings. The van der Waals surface area contributed by atoms with Gasteiger partial charge in [0, 0.05) is 17.5 Å². The highest BCUT2D eigenvalue weighted by molar-refractivity contribution is 6.33. The topological polar surface area (TPSA) is 65.7 Å². The molecule has 0 aliphatic heterocycles. The second-order valence-corrected chi connectivity index (χ2v) is 5.62. The quantitative estimate of drug-likeness (QED) is 0.508. The number of fused-ring (bicyclic) bond motifs is 1. The third-order valence-electron chi connectivity index (χ3n) is 3.53. The van der Waals surface area contributed by atoms with Gasteiger partial charge in [0.15, 0.2) is 6.61 Å². The number of carbonyl (C=O) groups is 1. The number of benzene rings is 2. The molecule has 2 aromatic carbocycles. The first-order valence-electron chi connectivity index (χ1n) is 7.69. The lowest BCUT2D eigenvalue weighted by Gasteiger charge is -2.10. The van der Waals surface area contributed by atoms with Gasteiger partial charge < -0.3 is 13.9 Å². The molecule has 0 saturated heterocycles. The largest absolute Gasteiger partial charge is 0.480 e. The van der Waals surface area contributed by atoms with Crippen molar-refractivity contribution >= 4 is 28.5 Å². The summed E-state index contributed by atoms with van der Waals surface area (Å²) in [6.45, 7) is 1.70. The number of hydrogen-bond acceptors (Lipinski definition) is 5. The van der Waals surface area contributed by atoms with Gasteiger partial charge in [0.2, 0.25) is 0 Å². The summed E-state index contributed by atoms with van der Waals surface area (Å²) in [5.74, 6) is -0.256. The maximum Gasteiger partial charge on any atom is 0.344 e. The Morgan fingerprint density at radius 1 is 1.16 bits per heavy atom. The van der Waals surface area contributed by atoms with Crippen molar-refractivity contribution in [2.75, 3.05) is 13.2 Å². The van der Waals surface area contributed by atoms with Gasteiger partial charge in [-0.1, -0.05) is 41.9 Å². The number of rotatable bonds is 5. The van der Waals surface area contributed by atoms with Gasteiger partial charge in [-0.2, -0.15) is 0 Å². The van der Waals surface area contributed by atoms with E-state index in [-0.39, 0.29) is 19.0 Å². The van der Waals surface area contributed by atoms with Gasteiger partial charge >= 0.3 is 11.6 Å². The van der Waals surface area contributed by atoms with Crippen molar-refractivity contribution in [1.82, 2.24) is 0 Å². The molecular weight excluding hydrogens is 344 g/mol. The summed E-state index contributed by atoms with van der Waals surface area (Å²) in [7, 11) is 0. The molecule has 0 bridgehead atoms. The van der Waals surface area contributed by atoms with Crippen molar-refractivity contribution in [2.45, 2.75) is 6.92 Å². The van der Waals surface area contributed by atoms with Crippen molar-refractivity contribution in [3.8, 4) is 16.9 Å². The lowest BCUT2D eigenvalue weighted by atomic mass is 10.0. The van der Waals surface area contributed by atoms with Crippen molar-refractivity contribution in [3.05, 3.63) is 64.0 Å². The zero-order chi connectivity index (χ0) is 17.8. The normalized spacial score (nSPS) is 10.6. The lowest BCUT2D eigenvalue weighted by Crippen LogP contribution is -2.14. The Balaban J connectivity index is 2.04. The van der Waals surface area contributed by atoms with Crippen molar-refractivity contribution < 1.29 is 18.7 Å². The third-order valence-corrected chi connectivity index (χ3v) is 3.83. The van der Waals surface area contributed by atoms with E-state index in [9.17, 15) is 9.59 Å². The van der Waals surface area contributed by atoms with Gasteiger partial charge in [-0.15, -0.1) is 0 Å². The summed E-state index contributed by atoms with van der Waals surface area (Å²) >= 11 is 6.27. The zero-order valence-corrected chi connectivity index (χ0v) is 14.2. The summed E-state index contributed by atoms with van der Waals surface area (Å²) < 4.78 is 15.4. The minimum absolute atomic E-state index is 0.246. The molecular formula is C19H15ClO5. The van der Waals surface area contributed by atoms with Crippen LogP contribution in [0, 0.1) is 0 Å². The Morgan fingerprint density at radius 2 is 1.92 bits per heavy atom. The van der Waals surface area contributed by atoms with Crippen molar-refractivity contribution in [2.24, 2.45) is 0 Å². The molecule has 3 aromatic rings. The summed E-state index contributed by atoms with van der Waals surface area (Å²) in [5, 5.41) is 0.988. The molecule has 0 radical (unpaired) electrons. The molecule has 128 valence electrons. The molecule has 3 rings (SSSR count). The average Bonchev–Trinajstić information content (AvgIpc) is 2.61. The molecule has 5 nitrogen and oxygen atoms in total. The molecule has 1 aromatic heterocycles. The Kier molecular flexibility index (Phi) is 5.05. The van der Waals surface area contributed by atoms with Crippen LogP contribution in [0.25, 0.3) is 22.1 Å². The Morgan fingerprint density at radius 3 is 2.64 bits per heavy atom. The van der Waals surface area contributed by atoms with Crippen LogP contribution in [0.3, 0.4) is 0 Å². The van der Waals surface area contributed by atoms with E-state index in [1.165, 1.54) is 12.1 Å². The van der Waals surface area contributed by atoms with Crippen LogP contribution < -0.4 is 10.4 Å². The first kappa shape index (κ1) is 17.0. The van der Waals surface area contributed by atoms with Crippen LogP contribution in [0.15, 0.2) is 57.7 Å². The molecule has 0 aliphatic rings. The smallest absolute Gasteiger partial charge is 0.344 e. The van der Waals surface area contributed by atoms with E-state index in [0.717, 1.165) is 5.56 Å². The summed E-state index contributed by atoms with van der Waals surface area (Å²) in [5.41, 5.74) is 1.43. The Labute approximate surface area is 148 Å². The van der Waals surface area contributed by atoms with Gasteiger partial charge in [-0.25, -0.2) is 9.59 Å². The summed E-state index contributed by atoms with van der Waals surface area (Å²) in [6.07, 6.45) is 0. The van der Waals surface area contributed by atoms with E-state index in [4.69, 9.17) is 25.5 Å². The van der Waals surface area contributed by atoms with Crippen LogP contribution >= 0.6 is 11.6 Å². The molecule has 0 atom stereocenters. The fourth-order valence-electron chi connectivity index (χ4n) is 2.47. The maximum absolute atomic E-state index is 11.9. The first-order valence-corrected chi connectivity index (χ1v) is 8.07. The number of esters is 1. The van der Waals surface area contributed by atoms with Crippen LogP contribution in [0.1, 0.15) is 6.92 Å². The van der Waals surface area contributed by atoms with E-state index in [1.54, 1.807) is 13.0 Å². The van der Waals surface area contributed by atoms with Crippen LogP contribution in [0.4, 0.5) is 0 Å².